The fourth-order valence-electron chi connectivity index (χ4n) is 1.84. The standard InChI is InChI=1S/C14H19ClN6O2/c1-4-21-7-10(12(20-21)13(22)16-5-8(2)3)18-14(23)11-9(15)6-17-19-11/h6-8H,4-5H2,1-3H3,(H,16,22)(H,17,19)(H,18,23). The number of hydrogen-bond acceptors (Lipinski definition) is 4. The Morgan fingerprint density at radius 1 is 1.39 bits per heavy atom. The molecule has 9 heteroatoms. The molecule has 2 aromatic rings. The SMILES string of the molecule is CCn1cc(NC(=O)c2[nH]ncc2Cl)c(C(=O)NCC(C)C)n1. The van der Waals surface area contributed by atoms with Gasteiger partial charge in [0.25, 0.3) is 11.8 Å². The van der Waals surface area contributed by atoms with Gasteiger partial charge in [-0.2, -0.15) is 10.2 Å². The summed E-state index contributed by atoms with van der Waals surface area (Å²) in [6, 6.07) is 0. The van der Waals surface area contributed by atoms with Gasteiger partial charge in [-0.15, -0.1) is 0 Å². The average Bonchev–Trinajstić information content (AvgIpc) is 3.10. The Morgan fingerprint density at radius 2 is 2.13 bits per heavy atom. The first-order valence-electron chi connectivity index (χ1n) is 7.28. The van der Waals surface area contributed by atoms with E-state index in [1.807, 2.05) is 20.8 Å². The summed E-state index contributed by atoms with van der Waals surface area (Å²) in [7, 11) is 0. The number of carbonyl (C=O) groups is 2. The number of amides is 2. The number of nitrogens with zero attached hydrogens (tertiary/aromatic N) is 3. The topological polar surface area (TPSA) is 105 Å². The Bertz CT molecular complexity index is 706. The van der Waals surface area contributed by atoms with Crippen LogP contribution < -0.4 is 10.6 Å². The average molecular weight is 339 g/mol. The lowest BCUT2D eigenvalue weighted by Gasteiger charge is -2.07. The molecule has 0 spiro atoms. The third kappa shape index (κ3) is 4.10. The van der Waals surface area contributed by atoms with Crippen LogP contribution in [0.5, 0.6) is 0 Å². The van der Waals surface area contributed by atoms with Crippen molar-refractivity contribution in [1.29, 1.82) is 0 Å². The molecule has 8 nitrogen and oxygen atoms in total. The zero-order chi connectivity index (χ0) is 17.0. The summed E-state index contributed by atoms with van der Waals surface area (Å²) in [5.74, 6) is -0.507. The Morgan fingerprint density at radius 3 is 2.70 bits per heavy atom. The number of aryl methyl sites for hydroxylation is 1. The van der Waals surface area contributed by atoms with Crippen molar-refractivity contribution in [2.45, 2.75) is 27.3 Å². The van der Waals surface area contributed by atoms with Gasteiger partial charge >= 0.3 is 0 Å². The molecule has 0 saturated heterocycles. The third-order valence-electron chi connectivity index (χ3n) is 3.04. The molecule has 0 aliphatic heterocycles. The molecule has 0 radical (unpaired) electrons. The number of anilines is 1. The molecule has 0 aliphatic rings. The third-order valence-corrected chi connectivity index (χ3v) is 3.33. The highest BCUT2D eigenvalue weighted by molar-refractivity contribution is 6.34. The van der Waals surface area contributed by atoms with E-state index in [1.165, 1.54) is 6.20 Å². The van der Waals surface area contributed by atoms with Gasteiger partial charge < -0.3 is 10.6 Å². The molecule has 124 valence electrons. The van der Waals surface area contributed by atoms with E-state index >= 15 is 0 Å². The van der Waals surface area contributed by atoms with Crippen LogP contribution in [0.3, 0.4) is 0 Å². The minimum absolute atomic E-state index is 0.129. The van der Waals surface area contributed by atoms with Gasteiger partial charge in [0.2, 0.25) is 0 Å². The summed E-state index contributed by atoms with van der Waals surface area (Å²) in [4.78, 5) is 24.4. The van der Waals surface area contributed by atoms with Gasteiger partial charge in [-0.3, -0.25) is 19.4 Å². The maximum absolute atomic E-state index is 12.2. The molecular weight excluding hydrogens is 320 g/mol. The van der Waals surface area contributed by atoms with Crippen molar-refractivity contribution >= 4 is 29.1 Å². The molecule has 23 heavy (non-hydrogen) atoms. The predicted molar refractivity (Wildman–Crippen MR) is 86.6 cm³/mol. The Balaban J connectivity index is 2.20. The van der Waals surface area contributed by atoms with Gasteiger partial charge in [-0.1, -0.05) is 25.4 Å². The highest BCUT2D eigenvalue weighted by Crippen LogP contribution is 2.18. The second-order valence-corrected chi connectivity index (χ2v) is 5.81. The molecule has 0 saturated carbocycles. The Kier molecular flexibility index (Phi) is 5.38. The summed E-state index contributed by atoms with van der Waals surface area (Å²) in [5.41, 5.74) is 0.615. The van der Waals surface area contributed by atoms with E-state index in [1.54, 1.807) is 10.9 Å². The fourth-order valence-corrected chi connectivity index (χ4v) is 2.02. The van der Waals surface area contributed by atoms with E-state index in [9.17, 15) is 9.59 Å². The smallest absolute Gasteiger partial charge is 0.275 e. The van der Waals surface area contributed by atoms with E-state index in [0.717, 1.165) is 0 Å². The first-order valence-corrected chi connectivity index (χ1v) is 7.66. The monoisotopic (exact) mass is 338 g/mol. The van der Waals surface area contributed by atoms with Crippen LogP contribution in [0, 0.1) is 5.92 Å². The van der Waals surface area contributed by atoms with Crippen LogP contribution in [0.25, 0.3) is 0 Å². The van der Waals surface area contributed by atoms with E-state index in [-0.39, 0.29) is 22.3 Å². The molecule has 2 amide bonds. The highest BCUT2D eigenvalue weighted by Gasteiger charge is 2.20. The second kappa shape index (κ2) is 7.28. The zero-order valence-electron chi connectivity index (χ0n) is 13.2. The van der Waals surface area contributed by atoms with Crippen LogP contribution in [0.2, 0.25) is 5.02 Å². The number of nitrogens with one attached hydrogen (secondary N) is 3. The maximum atomic E-state index is 12.2. The van der Waals surface area contributed by atoms with E-state index in [4.69, 9.17) is 11.6 Å². The minimum atomic E-state index is -0.485. The molecule has 0 bridgehead atoms. The summed E-state index contributed by atoms with van der Waals surface area (Å²) in [5, 5.41) is 16.0. The lowest BCUT2D eigenvalue weighted by molar-refractivity contribution is 0.0944. The van der Waals surface area contributed by atoms with Crippen LogP contribution >= 0.6 is 11.6 Å². The van der Waals surface area contributed by atoms with Crippen molar-refractivity contribution in [3.05, 3.63) is 28.8 Å². The number of aromatic amines is 1. The van der Waals surface area contributed by atoms with Crippen molar-refractivity contribution in [2.24, 2.45) is 5.92 Å². The van der Waals surface area contributed by atoms with Crippen molar-refractivity contribution in [1.82, 2.24) is 25.3 Å². The number of H-pyrrole nitrogens is 1. The Labute approximate surface area is 138 Å². The maximum Gasteiger partial charge on any atom is 0.275 e. The minimum Gasteiger partial charge on any atom is -0.350 e. The summed E-state index contributed by atoms with van der Waals surface area (Å²) < 4.78 is 1.58. The molecule has 2 heterocycles. The van der Waals surface area contributed by atoms with Gasteiger partial charge in [-0.05, 0) is 12.8 Å². The second-order valence-electron chi connectivity index (χ2n) is 5.40. The lowest BCUT2D eigenvalue weighted by atomic mass is 10.2. The number of rotatable bonds is 6. The molecule has 3 N–H and O–H groups in total. The van der Waals surface area contributed by atoms with Gasteiger partial charge in [0.15, 0.2) is 5.69 Å². The lowest BCUT2D eigenvalue weighted by Crippen LogP contribution is -2.28. The molecular formula is C14H19ClN6O2. The fraction of sp³-hybridized carbons (Fsp3) is 0.429. The Hall–Kier alpha value is -2.35. The van der Waals surface area contributed by atoms with Crippen LogP contribution in [0.15, 0.2) is 12.4 Å². The van der Waals surface area contributed by atoms with Gasteiger partial charge in [0, 0.05) is 19.3 Å². The number of halogens is 1. The number of hydrogen-bond donors (Lipinski definition) is 3. The number of aromatic nitrogens is 4. The van der Waals surface area contributed by atoms with Crippen molar-refractivity contribution in [3.8, 4) is 0 Å². The molecule has 0 unspecified atom stereocenters. The molecule has 2 rings (SSSR count). The number of carbonyl (C=O) groups excluding carboxylic acids is 2. The van der Waals surface area contributed by atoms with Crippen molar-refractivity contribution in [3.63, 3.8) is 0 Å². The highest BCUT2D eigenvalue weighted by atomic mass is 35.5. The van der Waals surface area contributed by atoms with Gasteiger partial charge in [0.1, 0.15) is 5.69 Å². The molecule has 0 atom stereocenters. The normalized spacial score (nSPS) is 10.8. The van der Waals surface area contributed by atoms with Crippen molar-refractivity contribution in [2.75, 3.05) is 11.9 Å². The van der Waals surface area contributed by atoms with Gasteiger partial charge in [-0.25, -0.2) is 0 Å². The van der Waals surface area contributed by atoms with Crippen LogP contribution in [0.4, 0.5) is 5.69 Å². The molecule has 0 aliphatic carbocycles. The summed E-state index contributed by atoms with van der Waals surface area (Å²) in [6.07, 6.45) is 2.94. The first-order chi connectivity index (χ1) is 10.9. The molecule has 0 fully saturated rings. The first kappa shape index (κ1) is 17.0. The summed E-state index contributed by atoms with van der Waals surface area (Å²) in [6.45, 7) is 6.98. The van der Waals surface area contributed by atoms with Crippen LogP contribution in [-0.2, 0) is 6.54 Å². The van der Waals surface area contributed by atoms with Crippen LogP contribution in [-0.4, -0.2) is 38.3 Å². The zero-order valence-corrected chi connectivity index (χ0v) is 13.9. The predicted octanol–water partition coefficient (Wildman–Crippen LogP) is 1.92. The van der Waals surface area contributed by atoms with E-state index in [0.29, 0.717) is 24.7 Å². The quantitative estimate of drug-likeness (QED) is 0.748. The summed E-state index contributed by atoms with van der Waals surface area (Å²) >= 11 is 5.87. The largest absolute Gasteiger partial charge is 0.350 e. The molecule has 2 aromatic heterocycles. The van der Waals surface area contributed by atoms with E-state index < -0.39 is 5.91 Å². The van der Waals surface area contributed by atoms with Crippen LogP contribution in [0.1, 0.15) is 41.7 Å². The molecule has 0 aromatic carbocycles. The van der Waals surface area contributed by atoms with E-state index in [2.05, 4.69) is 25.9 Å². The van der Waals surface area contributed by atoms with Gasteiger partial charge in [0.05, 0.1) is 16.9 Å². The van der Waals surface area contributed by atoms with Crippen molar-refractivity contribution < 1.29 is 9.59 Å².